The van der Waals surface area contributed by atoms with Crippen LogP contribution in [0, 0.1) is 0 Å². The Balaban J connectivity index is 2.29. The van der Waals surface area contributed by atoms with E-state index in [0.717, 1.165) is 10.5 Å². The molecule has 4 nitrogen and oxygen atoms in total. The van der Waals surface area contributed by atoms with Crippen LogP contribution in [-0.4, -0.2) is 20.2 Å². The number of nitrogens with zero attached hydrogens (tertiary/aromatic N) is 1. The van der Waals surface area contributed by atoms with Crippen LogP contribution in [-0.2, 0) is 10.8 Å². The molecule has 5 heteroatoms. The van der Waals surface area contributed by atoms with Gasteiger partial charge in [0.2, 0.25) is 0 Å². The lowest BCUT2D eigenvalue weighted by Crippen LogP contribution is -2.05. The first kappa shape index (κ1) is 14.1. The van der Waals surface area contributed by atoms with Crippen molar-refractivity contribution < 1.29 is 4.21 Å². The second-order valence-corrected chi connectivity index (χ2v) is 5.48. The van der Waals surface area contributed by atoms with Gasteiger partial charge in [-0.15, -0.1) is 6.58 Å². The third kappa shape index (κ3) is 3.61. The minimum atomic E-state index is -1.10. The van der Waals surface area contributed by atoms with E-state index in [1.165, 1.54) is 6.07 Å². The van der Waals surface area contributed by atoms with Gasteiger partial charge in [-0.3, -0.25) is 9.00 Å². The molecule has 2 rings (SSSR count). The molecule has 0 amide bonds. The summed E-state index contributed by atoms with van der Waals surface area (Å²) < 4.78 is 12.1. The van der Waals surface area contributed by atoms with Crippen LogP contribution in [0.1, 0.15) is 11.3 Å². The summed E-state index contributed by atoms with van der Waals surface area (Å²) in [6.07, 6.45) is 5.23. The number of benzene rings is 1. The largest absolute Gasteiger partial charge is 0.268 e. The average molecular weight is 286 g/mol. The smallest absolute Gasteiger partial charge is 0.264 e. The number of H-pyrrole nitrogens is 1. The predicted octanol–water partition coefficient (Wildman–Crippen LogP) is 2.23. The molecule has 0 saturated carbocycles. The minimum absolute atomic E-state index is 0.241. The van der Waals surface area contributed by atoms with Crippen LogP contribution in [0.5, 0.6) is 0 Å². The number of nitrogens with one attached hydrogen (secondary N) is 1. The van der Waals surface area contributed by atoms with E-state index in [9.17, 15) is 9.00 Å². The van der Waals surface area contributed by atoms with Gasteiger partial charge < -0.3 is 0 Å². The van der Waals surface area contributed by atoms with Crippen molar-refractivity contribution in [1.29, 1.82) is 0 Å². The summed E-state index contributed by atoms with van der Waals surface area (Å²) in [5, 5.41) is 6.25. The van der Waals surface area contributed by atoms with E-state index in [0.29, 0.717) is 11.4 Å². The lowest BCUT2D eigenvalue weighted by Gasteiger charge is -2.03. The second-order valence-electron chi connectivity index (χ2n) is 4.02. The van der Waals surface area contributed by atoms with E-state index in [2.05, 4.69) is 16.8 Å². The molecule has 0 aliphatic heterocycles. The highest BCUT2D eigenvalue weighted by atomic mass is 32.2. The summed E-state index contributed by atoms with van der Waals surface area (Å²) >= 11 is 0. The molecule has 0 aliphatic carbocycles. The first-order chi connectivity index (χ1) is 9.70. The Morgan fingerprint density at radius 1 is 1.20 bits per heavy atom. The Hall–Kier alpha value is -2.27. The van der Waals surface area contributed by atoms with E-state index < -0.39 is 10.8 Å². The zero-order valence-electron chi connectivity index (χ0n) is 10.8. The monoisotopic (exact) mass is 286 g/mol. The van der Waals surface area contributed by atoms with Gasteiger partial charge in [0, 0.05) is 16.7 Å². The maximum Gasteiger partial charge on any atom is 0.264 e. The van der Waals surface area contributed by atoms with E-state index in [1.807, 2.05) is 30.3 Å². The number of hydrogen-bond donors (Lipinski definition) is 1. The predicted molar refractivity (Wildman–Crippen MR) is 81.7 cm³/mol. The van der Waals surface area contributed by atoms with Crippen LogP contribution in [0.2, 0.25) is 0 Å². The number of aromatic nitrogens is 2. The fourth-order valence-electron chi connectivity index (χ4n) is 1.65. The Bertz CT molecular complexity index is 699. The van der Waals surface area contributed by atoms with Crippen LogP contribution >= 0.6 is 0 Å². The molecule has 2 aromatic rings. The van der Waals surface area contributed by atoms with Gasteiger partial charge in [0.25, 0.3) is 5.56 Å². The SMILES string of the molecule is C=CCS(=O)c1ccccc1C=Cc1ccc(=O)[nH]n1. The van der Waals surface area contributed by atoms with Gasteiger partial charge in [-0.05, 0) is 23.8 Å². The van der Waals surface area contributed by atoms with Gasteiger partial charge in [0.15, 0.2) is 0 Å². The number of hydrogen-bond acceptors (Lipinski definition) is 3. The summed E-state index contributed by atoms with van der Waals surface area (Å²) in [4.78, 5) is 11.7. The van der Waals surface area contributed by atoms with Gasteiger partial charge in [0.1, 0.15) is 0 Å². The van der Waals surface area contributed by atoms with E-state index in [-0.39, 0.29) is 5.56 Å². The third-order valence-electron chi connectivity index (χ3n) is 2.57. The summed E-state index contributed by atoms with van der Waals surface area (Å²) in [7, 11) is -1.10. The van der Waals surface area contributed by atoms with E-state index in [4.69, 9.17) is 0 Å². The van der Waals surface area contributed by atoms with Crippen LogP contribution < -0.4 is 5.56 Å². The highest BCUT2D eigenvalue weighted by Gasteiger charge is 2.05. The molecule has 1 unspecified atom stereocenters. The van der Waals surface area contributed by atoms with Crippen LogP contribution in [0.3, 0.4) is 0 Å². The lowest BCUT2D eigenvalue weighted by molar-refractivity contribution is 0.685. The zero-order valence-corrected chi connectivity index (χ0v) is 11.6. The fourth-order valence-corrected chi connectivity index (χ4v) is 2.67. The molecule has 0 fully saturated rings. The molecule has 0 spiro atoms. The number of aromatic amines is 1. The molecule has 0 saturated heterocycles. The standard InChI is InChI=1S/C15H14N2O2S/c1-2-11-20(19)14-6-4-3-5-12(14)7-8-13-9-10-15(18)17-16-13/h2-10H,1,11H2,(H,17,18). The molecule has 0 bridgehead atoms. The van der Waals surface area contributed by atoms with Gasteiger partial charge in [-0.1, -0.05) is 30.4 Å². The fraction of sp³-hybridized carbons (Fsp3) is 0.0667. The third-order valence-corrected chi connectivity index (χ3v) is 3.97. The van der Waals surface area contributed by atoms with Crippen molar-refractivity contribution in [2.45, 2.75) is 4.90 Å². The second kappa shape index (κ2) is 6.77. The van der Waals surface area contributed by atoms with Gasteiger partial charge >= 0.3 is 0 Å². The van der Waals surface area contributed by atoms with Crippen molar-refractivity contribution >= 4 is 23.0 Å². The maximum absolute atomic E-state index is 12.1. The number of rotatable bonds is 5. The summed E-state index contributed by atoms with van der Waals surface area (Å²) in [5.41, 5.74) is 1.25. The molecular weight excluding hydrogens is 272 g/mol. The summed E-state index contributed by atoms with van der Waals surface area (Å²) in [6, 6.07) is 10.5. The summed E-state index contributed by atoms with van der Waals surface area (Å²) in [5.74, 6) is 0.418. The molecule has 1 atom stereocenters. The highest BCUT2D eigenvalue weighted by Crippen LogP contribution is 2.16. The molecule has 1 heterocycles. The quantitative estimate of drug-likeness (QED) is 0.857. The average Bonchev–Trinajstić information content (AvgIpc) is 2.47. The zero-order chi connectivity index (χ0) is 14.4. The van der Waals surface area contributed by atoms with E-state index >= 15 is 0 Å². The Labute approximate surface area is 119 Å². The minimum Gasteiger partial charge on any atom is -0.268 e. The maximum atomic E-state index is 12.1. The topological polar surface area (TPSA) is 62.8 Å². The normalized spacial score (nSPS) is 12.4. The Morgan fingerprint density at radius 3 is 2.70 bits per heavy atom. The molecule has 0 aliphatic rings. The summed E-state index contributed by atoms with van der Waals surface area (Å²) in [6.45, 7) is 3.60. The van der Waals surface area contributed by atoms with Crippen LogP contribution in [0.4, 0.5) is 0 Å². The van der Waals surface area contributed by atoms with Crippen molar-refractivity contribution in [3.05, 3.63) is 70.7 Å². The van der Waals surface area contributed by atoms with E-state index in [1.54, 1.807) is 18.2 Å². The van der Waals surface area contributed by atoms with Crippen molar-refractivity contribution in [2.75, 3.05) is 5.75 Å². The van der Waals surface area contributed by atoms with Gasteiger partial charge in [-0.25, -0.2) is 5.10 Å². The van der Waals surface area contributed by atoms with Crippen molar-refractivity contribution in [1.82, 2.24) is 10.2 Å². The molecular formula is C15H14N2O2S. The van der Waals surface area contributed by atoms with Gasteiger partial charge in [0.05, 0.1) is 16.5 Å². The Kier molecular flexibility index (Phi) is 4.79. The molecule has 1 aromatic heterocycles. The molecule has 20 heavy (non-hydrogen) atoms. The molecule has 1 N–H and O–H groups in total. The molecule has 102 valence electrons. The van der Waals surface area contributed by atoms with Crippen molar-refractivity contribution in [3.8, 4) is 0 Å². The van der Waals surface area contributed by atoms with Crippen molar-refractivity contribution in [2.24, 2.45) is 0 Å². The molecule has 0 radical (unpaired) electrons. The first-order valence-corrected chi connectivity index (χ1v) is 7.34. The van der Waals surface area contributed by atoms with Crippen LogP contribution in [0.25, 0.3) is 12.2 Å². The van der Waals surface area contributed by atoms with Crippen LogP contribution in [0.15, 0.2) is 58.7 Å². The van der Waals surface area contributed by atoms with Crippen molar-refractivity contribution in [3.63, 3.8) is 0 Å². The lowest BCUT2D eigenvalue weighted by atomic mass is 10.2. The first-order valence-electron chi connectivity index (χ1n) is 6.03. The highest BCUT2D eigenvalue weighted by molar-refractivity contribution is 7.85. The van der Waals surface area contributed by atoms with Gasteiger partial charge in [-0.2, -0.15) is 5.10 Å². The molecule has 1 aromatic carbocycles. The Morgan fingerprint density at radius 2 is 2.00 bits per heavy atom.